The van der Waals surface area contributed by atoms with Crippen molar-refractivity contribution in [2.75, 3.05) is 7.05 Å². The molecule has 1 rings (SSSR count). The van der Waals surface area contributed by atoms with Gasteiger partial charge in [0.1, 0.15) is 6.04 Å². The van der Waals surface area contributed by atoms with Crippen molar-refractivity contribution >= 4 is 33.2 Å². The van der Waals surface area contributed by atoms with E-state index in [4.69, 9.17) is 5.11 Å². The summed E-state index contributed by atoms with van der Waals surface area (Å²) >= 11 is 5.03. The third-order valence-corrected chi connectivity index (χ3v) is 4.07. The first-order valence-corrected chi connectivity index (χ1v) is 6.75. The van der Waals surface area contributed by atoms with Crippen LogP contribution < -0.4 is 0 Å². The zero-order valence-corrected chi connectivity index (χ0v) is 12.0. The smallest absolute Gasteiger partial charge is 0.321 e. The zero-order valence-electron chi connectivity index (χ0n) is 9.61. The number of carbonyl (C=O) groups is 1. The number of hydrogen-bond donors (Lipinski definition) is 1. The lowest BCUT2D eigenvalue weighted by Crippen LogP contribution is -2.41. The monoisotopic (exact) mass is 305 g/mol. The van der Waals surface area contributed by atoms with Crippen LogP contribution in [0, 0.1) is 5.92 Å². The number of carboxylic acid groups (broad SMARTS) is 1. The Bertz CT molecular complexity index is 365. The summed E-state index contributed by atoms with van der Waals surface area (Å²) in [7, 11) is 1.85. The molecule has 5 heteroatoms. The summed E-state index contributed by atoms with van der Waals surface area (Å²) in [5.41, 5.74) is 0. The first-order chi connectivity index (χ1) is 7.41. The summed E-state index contributed by atoms with van der Waals surface area (Å²) in [4.78, 5) is 14.2. The summed E-state index contributed by atoms with van der Waals surface area (Å²) in [5.74, 6) is -0.654. The molecular weight excluding hydrogens is 290 g/mol. The number of thiophene rings is 1. The molecule has 0 aliphatic heterocycles. The van der Waals surface area contributed by atoms with Crippen LogP contribution in [-0.2, 0) is 11.3 Å². The van der Waals surface area contributed by atoms with Gasteiger partial charge < -0.3 is 5.11 Å². The van der Waals surface area contributed by atoms with E-state index in [0.29, 0.717) is 6.54 Å². The number of aliphatic carboxylic acids is 1. The molecule has 1 N–H and O–H groups in total. The molecule has 0 aliphatic carbocycles. The molecular formula is C11H16BrNO2S. The molecule has 0 aliphatic rings. The van der Waals surface area contributed by atoms with Crippen molar-refractivity contribution in [2.45, 2.75) is 26.4 Å². The van der Waals surface area contributed by atoms with E-state index >= 15 is 0 Å². The van der Waals surface area contributed by atoms with Gasteiger partial charge in [-0.05, 0) is 35.0 Å². The maximum Gasteiger partial charge on any atom is 0.321 e. The second-order valence-corrected chi connectivity index (χ2v) is 6.08. The van der Waals surface area contributed by atoms with Gasteiger partial charge in [-0.25, -0.2) is 0 Å². The minimum atomic E-state index is -0.756. The quantitative estimate of drug-likeness (QED) is 0.909. The third kappa shape index (κ3) is 3.57. The zero-order chi connectivity index (χ0) is 12.3. The lowest BCUT2D eigenvalue weighted by molar-refractivity contribution is -0.144. The Morgan fingerprint density at radius 2 is 2.25 bits per heavy atom. The number of likely N-dealkylation sites (N-methyl/N-ethyl adjacent to an activating group) is 1. The normalized spacial score (nSPS) is 13.4. The fraction of sp³-hybridized carbons (Fsp3) is 0.545. The number of carboxylic acids is 1. The molecule has 16 heavy (non-hydrogen) atoms. The molecule has 3 nitrogen and oxygen atoms in total. The van der Waals surface area contributed by atoms with Gasteiger partial charge in [0.2, 0.25) is 0 Å². The molecule has 1 aromatic rings. The lowest BCUT2D eigenvalue weighted by Gasteiger charge is -2.26. The molecule has 0 aromatic carbocycles. The van der Waals surface area contributed by atoms with Crippen molar-refractivity contribution in [3.8, 4) is 0 Å². The van der Waals surface area contributed by atoms with Crippen LogP contribution in [0.2, 0.25) is 0 Å². The van der Waals surface area contributed by atoms with Gasteiger partial charge in [0.05, 0.1) is 0 Å². The van der Waals surface area contributed by atoms with Crippen molar-refractivity contribution in [3.05, 3.63) is 20.8 Å². The second-order valence-electron chi connectivity index (χ2n) is 4.17. The Kier molecular flexibility index (Phi) is 4.95. The standard InChI is InChI=1S/C11H16BrNO2S/c1-7(2)10(11(14)15)13(3)5-9-4-8(12)6-16-9/h4,6-7,10H,5H2,1-3H3,(H,14,15). The van der Waals surface area contributed by atoms with Crippen LogP contribution >= 0.6 is 27.3 Å². The van der Waals surface area contributed by atoms with Crippen LogP contribution in [0.4, 0.5) is 0 Å². The molecule has 0 bridgehead atoms. The van der Waals surface area contributed by atoms with E-state index in [2.05, 4.69) is 15.9 Å². The Labute approximate surface area is 108 Å². The van der Waals surface area contributed by atoms with E-state index in [1.807, 2.05) is 37.2 Å². The minimum absolute atomic E-state index is 0.103. The highest BCUT2D eigenvalue weighted by atomic mass is 79.9. The molecule has 0 amide bonds. The van der Waals surface area contributed by atoms with Crippen LogP contribution in [0.25, 0.3) is 0 Å². The van der Waals surface area contributed by atoms with E-state index in [-0.39, 0.29) is 5.92 Å². The average molecular weight is 306 g/mol. The molecule has 0 spiro atoms. The summed E-state index contributed by atoms with van der Waals surface area (Å²) in [6, 6.07) is 1.60. The summed E-state index contributed by atoms with van der Waals surface area (Å²) in [6.45, 7) is 4.53. The van der Waals surface area contributed by atoms with Crippen molar-refractivity contribution in [1.82, 2.24) is 4.90 Å². The van der Waals surface area contributed by atoms with E-state index in [1.165, 1.54) is 4.88 Å². The van der Waals surface area contributed by atoms with Crippen molar-refractivity contribution < 1.29 is 9.90 Å². The minimum Gasteiger partial charge on any atom is -0.480 e. The predicted molar refractivity (Wildman–Crippen MR) is 69.7 cm³/mol. The summed E-state index contributed by atoms with van der Waals surface area (Å²) < 4.78 is 1.05. The molecule has 0 saturated carbocycles. The molecule has 1 unspecified atom stereocenters. The molecule has 0 fully saturated rings. The van der Waals surface area contributed by atoms with Crippen molar-refractivity contribution in [3.63, 3.8) is 0 Å². The average Bonchev–Trinajstić information content (AvgIpc) is 2.49. The Morgan fingerprint density at radius 1 is 1.62 bits per heavy atom. The van der Waals surface area contributed by atoms with Crippen LogP contribution in [-0.4, -0.2) is 29.1 Å². The number of rotatable bonds is 5. The predicted octanol–water partition coefficient (Wildman–Crippen LogP) is 3.05. The van der Waals surface area contributed by atoms with E-state index in [9.17, 15) is 4.79 Å². The maximum absolute atomic E-state index is 11.1. The van der Waals surface area contributed by atoms with Crippen LogP contribution in [0.15, 0.2) is 15.9 Å². The van der Waals surface area contributed by atoms with Crippen LogP contribution in [0.1, 0.15) is 18.7 Å². The molecule has 1 atom stereocenters. The molecule has 0 saturated heterocycles. The fourth-order valence-corrected chi connectivity index (χ4v) is 3.28. The maximum atomic E-state index is 11.1. The van der Waals surface area contributed by atoms with Gasteiger partial charge in [-0.1, -0.05) is 13.8 Å². The van der Waals surface area contributed by atoms with Gasteiger partial charge in [0.25, 0.3) is 0 Å². The molecule has 0 radical (unpaired) electrons. The van der Waals surface area contributed by atoms with Gasteiger partial charge >= 0.3 is 5.97 Å². The van der Waals surface area contributed by atoms with Gasteiger partial charge in [0.15, 0.2) is 0 Å². The first-order valence-electron chi connectivity index (χ1n) is 5.07. The molecule has 90 valence electrons. The highest BCUT2D eigenvalue weighted by molar-refractivity contribution is 9.10. The first kappa shape index (κ1) is 13.7. The number of hydrogen-bond acceptors (Lipinski definition) is 3. The highest BCUT2D eigenvalue weighted by Gasteiger charge is 2.26. The fourth-order valence-electron chi connectivity index (χ4n) is 1.76. The van der Waals surface area contributed by atoms with Crippen molar-refractivity contribution in [2.24, 2.45) is 5.92 Å². The number of nitrogens with zero attached hydrogens (tertiary/aromatic N) is 1. The Hall–Kier alpha value is -0.390. The third-order valence-electron chi connectivity index (χ3n) is 2.39. The lowest BCUT2D eigenvalue weighted by atomic mass is 10.0. The van der Waals surface area contributed by atoms with Gasteiger partial charge in [-0.3, -0.25) is 9.69 Å². The summed E-state index contributed by atoms with van der Waals surface area (Å²) in [6.07, 6.45) is 0. The second kappa shape index (κ2) is 5.80. The van der Waals surface area contributed by atoms with E-state index < -0.39 is 12.0 Å². The largest absolute Gasteiger partial charge is 0.480 e. The Balaban J connectivity index is 2.69. The molecule has 1 heterocycles. The Morgan fingerprint density at radius 3 is 2.62 bits per heavy atom. The van der Waals surface area contributed by atoms with E-state index in [0.717, 1.165) is 4.47 Å². The number of halogens is 1. The van der Waals surface area contributed by atoms with Crippen LogP contribution in [0.3, 0.4) is 0 Å². The summed E-state index contributed by atoms with van der Waals surface area (Å²) in [5, 5.41) is 11.2. The van der Waals surface area contributed by atoms with Gasteiger partial charge in [-0.2, -0.15) is 0 Å². The highest BCUT2D eigenvalue weighted by Crippen LogP contribution is 2.22. The molecule has 1 aromatic heterocycles. The topological polar surface area (TPSA) is 40.5 Å². The van der Waals surface area contributed by atoms with Crippen LogP contribution in [0.5, 0.6) is 0 Å². The van der Waals surface area contributed by atoms with Crippen molar-refractivity contribution in [1.29, 1.82) is 0 Å². The van der Waals surface area contributed by atoms with E-state index in [1.54, 1.807) is 11.3 Å². The van der Waals surface area contributed by atoms with Gasteiger partial charge in [-0.15, -0.1) is 11.3 Å². The SMILES string of the molecule is CC(C)C(C(=O)O)N(C)Cc1cc(Br)cs1. The van der Waals surface area contributed by atoms with Gasteiger partial charge in [0, 0.05) is 21.3 Å².